The summed E-state index contributed by atoms with van der Waals surface area (Å²) in [5.74, 6) is 2.67. The van der Waals surface area contributed by atoms with Gasteiger partial charge in [-0.2, -0.15) is 0 Å². The van der Waals surface area contributed by atoms with E-state index in [0.717, 1.165) is 55.5 Å². The fraction of sp³-hybridized carbons (Fsp3) is 0.500. The summed E-state index contributed by atoms with van der Waals surface area (Å²) in [4.78, 5) is 13.3. The molecule has 0 saturated carbocycles. The number of nitrogens with one attached hydrogen (secondary N) is 2. The highest BCUT2D eigenvalue weighted by Crippen LogP contribution is 2.12. The summed E-state index contributed by atoms with van der Waals surface area (Å²) in [6.45, 7) is 5.90. The second-order valence-corrected chi connectivity index (χ2v) is 5.21. The van der Waals surface area contributed by atoms with Crippen LogP contribution in [0.15, 0.2) is 17.0 Å². The molecule has 0 radical (unpaired) electrons. The second-order valence-electron chi connectivity index (χ2n) is 4.49. The first-order chi connectivity index (χ1) is 9.81. The van der Waals surface area contributed by atoms with Gasteiger partial charge in [-0.3, -0.25) is 0 Å². The molecule has 5 nitrogen and oxygen atoms in total. The third-order valence-electron chi connectivity index (χ3n) is 2.77. The molecule has 0 unspecified atom stereocenters. The third kappa shape index (κ3) is 4.45. The van der Waals surface area contributed by atoms with E-state index in [4.69, 9.17) is 0 Å². The molecule has 20 heavy (non-hydrogen) atoms. The Morgan fingerprint density at radius 1 is 1.10 bits per heavy atom. The molecule has 2 N–H and O–H groups in total. The zero-order valence-corrected chi connectivity index (χ0v) is 12.8. The smallest absolute Gasteiger partial charge is 0.133 e. The van der Waals surface area contributed by atoms with E-state index in [-0.39, 0.29) is 0 Å². The fourth-order valence-corrected chi connectivity index (χ4v) is 2.47. The van der Waals surface area contributed by atoms with Gasteiger partial charge in [-0.05, 0) is 13.3 Å². The Morgan fingerprint density at radius 2 is 1.90 bits per heavy atom. The van der Waals surface area contributed by atoms with E-state index in [2.05, 4.69) is 44.8 Å². The van der Waals surface area contributed by atoms with Gasteiger partial charge in [-0.1, -0.05) is 6.92 Å². The Morgan fingerprint density at radius 3 is 2.55 bits per heavy atom. The normalized spacial score (nSPS) is 10.5. The van der Waals surface area contributed by atoms with Gasteiger partial charge in [0.1, 0.15) is 17.5 Å². The lowest BCUT2D eigenvalue weighted by atomic mass is 10.3. The van der Waals surface area contributed by atoms with Crippen molar-refractivity contribution in [1.82, 2.24) is 15.0 Å². The predicted octanol–water partition coefficient (Wildman–Crippen LogP) is 2.97. The number of hydrogen-bond donors (Lipinski definition) is 2. The maximum absolute atomic E-state index is 4.54. The van der Waals surface area contributed by atoms with E-state index in [1.165, 1.54) is 0 Å². The van der Waals surface area contributed by atoms with Crippen LogP contribution in [-0.2, 0) is 12.8 Å². The van der Waals surface area contributed by atoms with Crippen molar-refractivity contribution in [3.05, 3.63) is 28.5 Å². The molecule has 2 rings (SSSR count). The highest BCUT2D eigenvalue weighted by Gasteiger charge is 2.04. The fourth-order valence-electron chi connectivity index (χ4n) is 1.87. The molecule has 0 aromatic carbocycles. The molecule has 0 aliphatic heterocycles. The summed E-state index contributed by atoms with van der Waals surface area (Å²) in [6.07, 6.45) is 2.86. The van der Waals surface area contributed by atoms with Crippen molar-refractivity contribution in [3.63, 3.8) is 0 Å². The molecular formula is C14H21N5S. The van der Waals surface area contributed by atoms with Gasteiger partial charge in [0.05, 0.1) is 11.2 Å². The summed E-state index contributed by atoms with van der Waals surface area (Å²) in [7, 11) is 0. The second kappa shape index (κ2) is 7.79. The average molecular weight is 291 g/mol. The standard InChI is InChI=1S/C14H21N5S/c1-3-5-12-18-13(15-4-2)8-14(19-12)16-7-6-11-9-20-10-17-11/h8-10H,3-7H2,1-2H3,(H2,15,16,18,19). The van der Waals surface area contributed by atoms with Crippen molar-refractivity contribution in [2.45, 2.75) is 33.1 Å². The monoisotopic (exact) mass is 291 g/mol. The Hall–Kier alpha value is -1.69. The van der Waals surface area contributed by atoms with E-state index in [1.54, 1.807) is 11.3 Å². The van der Waals surface area contributed by atoms with Crippen LogP contribution in [0.2, 0.25) is 0 Å². The van der Waals surface area contributed by atoms with Crippen LogP contribution in [0.5, 0.6) is 0 Å². The van der Waals surface area contributed by atoms with Gasteiger partial charge in [0, 0.05) is 37.4 Å². The quantitative estimate of drug-likeness (QED) is 0.783. The Balaban J connectivity index is 1.97. The van der Waals surface area contributed by atoms with Crippen LogP contribution >= 0.6 is 11.3 Å². The molecule has 0 aliphatic carbocycles. The molecular weight excluding hydrogens is 270 g/mol. The predicted molar refractivity (Wildman–Crippen MR) is 84.5 cm³/mol. The molecule has 0 bridgehead atoms. The topological polar surface area (TPSA) is 62.7 Å². The first-order valence-corrected chi connectivity index (χ1v) is 7.98. The van der Waals surface area contributed by atoms with Crippen molar-refractivity contribution in [2.24, 2.45) is 0 Å². The molecule has 6 heteroatoms. The van der Waals surface area contributed by atoms with Crippen molar-refractivity contribution in [2.75, 3.05) is 23.7 Å². The van der Waals surface area contributed by atoms with Gasteiger partial charge in [-0.15, -0.1) is 11.3 Å². The highest BCUT2D eigenvalue weighted by molar-refractivity contribution is 7.07. The lowest BCUT2D eigenvalue weighted by Gasteiger charge is -2.10. The molecule has 0 spiro atoms. The Bertz CT molecular complexity index is 488. The maximum Gasteiger partial charge on any atom is 0.133 e. The molecule has 0 amide bonds. The largest absolute Gasteiger partial charge is 0.370 e. The molecule has 2 heterocycles. The minimum atomic E-state index is 0.831. The number of anilines is 2. The van der Waals surface area contributed by atoms with Gasteiger partial charge in [0.15, 0.2) is 0 Å². The summed E-state index contributed by atoms with van der Waals surface area (Å²) < 4.78 is 0. The zero-order valence-electron chi connectivity index (χ0n) is 12.0. The molecule has 2 aromatic heterocycles. The Labute approximate surface area is 123 Å². The van der Waals surface area contributed by atoms with Crippen LogP contribution in [0.1, 0.15) is 31.8 Å². The van der Waals surface area contributed by atoms with Gasteiger partial charge in [-0.25, -0.2) is 15.0 Å². The van der Waals surface area contributed by atoms with E-state index in [9.17, 15) is 0 Å². The summed E-state index contributed by atoms with van der Waals surface area (Å²) in [5, 5.41) is 8.68. The molecule has 0 saturated heterocycles. The van der Waals surface area contributed by atoms with Crippen molar-refractivity contribution in [1.29, 1.82) is 0 Å². The van der Waals surface area contributed by atoms with E-state index < -0.39 is 0 Å². The molecule has 0 fully saturated rings. The van der Waals surface area contributed by atoms with Gasteiger partial charge < -0.3 is 10.6 Å². The number of rotatable bonds is 8. The van der Waals surface area contributed by atoms with Crippen LogP contribution < -0.4 is 10.6 Å². The lowest BCUT2D eigenvalue weighted by molar-refractivity contribution is 0.832. The lowest BCUT2D eigenvalue weighted by Crippen LogP contribution is -2.10. The van der Waals surface area contributed by atoms with E-state index in [0.29, 0.717) is 0 Å². The van der Waals surface area contributed by atoms with Crippen molar-refractivity contribution >= 4 is 23.0 Å². The van der Waals surface area contributed by atoms with E-state index in [1.807, 2.05) is 11.6 Å². The van der Waals surface area contributed by atoms with Crippen LogP contribution in [0.4, 0.5) is 11.6 Å². The SMILES string of the molecule is CCCc1nc(NCC)cc(NCCc2cscn2)n1. The number of thiazole rings is 1. The maximum atomic E-state index is 4.54. The third-order valence-corrected chi connectivity index (χ3v) is 3.41. The summed E-state index contributed by atoms with van der Waals surface area (Å²) in [5.41, 5.74) is 2.99. The minimum absolute atomic E-state index is 0.831. The van der Waals surface area contributed by atoms with Crippen molar-refractivity contribution in [3.8, 4) is 0 Å². The molecule has 0 atom stereocenters. The number of hydrogen-bond acceptors (Lipinski definition) is 6. The summed E-state index contributed by atoms with van der Waals surface area (Å²) >= 11 is 1.63. The van der Waals surface area contributed by atoms with E-state index >= 15 is 0 Å². The van der Waals surface area contributed by atoms with Crippen LogP contribution in [0, 0.1) is 0 Å². The van der Waals surface area contributed by atoms with Crippen LogP contribution in [0.3, 0.4) is 0 Å². The van der Waals surface area contributed by atoms with Gasteiger partial charge in [0.2, 0.25) is 0 Å². The molecule has 108 valence electrons. The van der Waals surface area contributed by atoms with Gasteiger partial charge in [0.25, 0.3) is 0 Å². The number of aryl methyl sites for hydroxylation is 1. The Kier molecular flexibility index (Phi) is 5.73. The van der Waals surface area contributed by atoms with Crippen LogP contribution in [0.25, 0.3) is 0 Å². The van der Waals surface area contributed by atoms with Gasteiger partial charge >= 0.3 is 0 Å². The molecule has 2 aromatic rings. The first-order valence-electron chi connectivity index (χ1n) is 7.04. The zero-order chi connectivity index (χ0) is 14.2. The van der Waals surface area contributed by atoms with Crippen LogP contribution in [-0.4, -0.2) is 28.0 Å². The summed E-state index contributed by atoms with van der Waals surface area (Å²) in [6, 6.07) is 1.96. The van der Waals surface area contributed by atoms with Crippen molar-refractivity contribution < 1.29 is 0 Å². The first kappa shape index (κ1) is 14.7. The number of aromatic nitrogens is 3. The number of nitrogens with zero attached hydrogens (tertiary/aromatic N) is 3. The average Bonchev–Trinajstić information content (AvgIpc) is 2.92. The molecule has 0 aliphatic rings. The highest BCUT2D eigenvalue weighted by atomic mass is 32.1. The minimum Gasteiger partial charge on any atom is -0.370 e.